The van der Waals surface area contributed by atoms with Crippen molar-refractivity contribution in [3.8, 4) is 22.9 Å². The number of sulfonamides is 1. The predicted molar refractivity (Wildman–Crippen MR) is 143 cm³/mol. The second kappa shape index (κ2) is 11.6. The van der Waals surface area contributed by atoms with Crippen molar-refractivity contribution in [2.75, 3.05) is 28.9 Å². The normalized spacial score (nSPS) is 16.2. The van der Waals surface area contributed by atoms with Gasteiger partial charge in [0.25, 0.3) is 0 Å². The molecule has 12 heteroatoms. The van der Waals surface area contributed by atoms with E-state index in [-0.39, 0.29) is 23.1 Å². The maximum atomic E-state index is 15.0. The second-order valence-electron chi connectivity index (χ2n) is 10.4. The van der Waals surface area contributed by atoms with E-state index >= 15 is 0 Å². The Kier molecular flexibility index (Phi) is 8.41. The zero-order chi connectivity index (χ0) is 27.3. The van der Waals surface area contributed by atoms with E-state index in [2.05, 4.69) is 30.3 Å². The van der Waals surface area contributed by atoms with Gasteiger partial charge in [0.1, 0.15) is 0 Å². The lowest BCUT2D eigenvalue weighted by Gasteiger charge is -2.23. The molecule has 1 fully saturated rings. The van der Waals surface area contributed by atoms with Gasteiger partial charge in [-0.15, -0.1) is 0 Å². The molecular formula is C26H32F2N6O3S. The fraction of sp³-hybridized carbons (Fsp3) is 0.423. The van der Waals surface area contributed by atoms with E-state index in [4.69, 9.17) is 4.74 Å². The third kappa shape index (κ3) is 7.35. The molecule has 0 bridgehead atoms. The molecule has 0 amide bonds. The molecule has 0 aliphatic carbocycles. The molecule has 0 spiro atoms. The third-order valence-corrected chi connectivity index (χ3v) is 7.25. The Hall–Kier alpha value is -3.38. The summed E-state index contributed by atoms with van der Waals surface area (Å²) in [6.07, 6.45) is 5.46. The minimum absolute atomic E-state index is 0.00768. The van der Waals surface area contributed by atoms with Crippen LogP contribution in [0.5, 0.6) is 11.6 Å². The summed E-state index contributed by atoms with van der Waals surface area (Å²) in [5.41, 5.74) is 0.211. The quantitative estimate of drug-likeness (QED) is 0.345. The first-order chi connectivity index (χ1) is 18.0. The molecule has 0 radical (unpaired) electrons. The van der Waals surface area contributed by atoms with Gasteiger partial charge in [-0.05, 0) is 61.6 Å². The summed E-state index contributed by atoms with van der Waals surface area (Å²) in [6.45, 7) is 7.48. The molecular weight excluding hydrogens is 514 g/mol. The highest BCUT2D eigenvalue weighted by molar-refractivity contribution is 7.92. The van der Waals surface area contributed by atoms with Crippen LogP contribution in [0.1, 0.15) is 40.0 Å². The molecule has 2 aromatic heterocycles. The number of halogens is 2. The minimum Gasteiger partial charge on any atom is -0.435 e. The van der Waals surface area contributed by atoms with E-state index in [1.807, 2.05) is 20.8 Å². The van der Waals surface area contributed by atoms with E-state index in [0.29, 0.717) is 23.6 Å². The average molecular weight is 547 g/mol. The standard InChI is InChI=1S/C26H32F2N6O3S/c1-26(2,3)11-15-38(35,36)34-20-8-9-21(23(28)22(20)27)37-24-18(7-5-13-30-24)19-10-14-31-25(33-19)32-17-6-4-12-29-16-17/h5,7-10,13-14,17,29,34H,4,6,11-12,15-16H2,1-3H3,(H,31,32,33). The van der Waals surface area contributed by atoms with Crippen molar-refractivity contribution < 1.29 is 21.9 Å². The molecule has 204 valence electrons. The van der Waals surface area contributed by atoms with Gasteiger partial charge in [-0.2, -0.15) is 4.39 Å². The van der Waals surface area contributed by atoms with Crippen LogP contribution >= 0.6 is 0 Å². The van der Waals surface area contributed by atoms with Crippen LogP contribution in [-0.4, -0.2) is 48.3 Å². The van der Waals surface area contributed by atoms with Gasteiger partial charge in [0.2, 0.25) is 27.7 Å². The van der Waals surface area contributed by atoms with Crippen LogP contribution in [0, 0.1) is 17.0 Å². The number of nitrogens with zero attached hydrogens (tertiary/aromatic N) is 3. The molecule has 9 nitrogen and oxygen atoms in total. The maximum Gasteiger partial charge on any atom is 0.232 e. The Balaban J connectivity index is 1.53. The highest BCUT2D eigenvalue weighted by atomic mass is 32.2. The summed E-state index contributed by atoms with van der Waals surface area (Å²) in [6, 6.07) is 7.51. The van der Waals surface area contributed by atoms with Crippen molar-refractivity contribution in [1.29, 1.82) is 0 Å². The van der Waals surface area contributed by atoms with Gasteiger partial charge < -0.3 is 15.4 Å². The van der Waals surface area contributed by atoms with Crippen molar-refractivity contribution in [2.45, 2.75) is 46.1 Å². The number of pyridine rings is 1. The van der Waals surface area contributed by atoms with E-state index < -0.39 is 33.1 Å². The van der Waals surface area contributed by atoms with Crippen LogP contribution in [0.2, 0.25) is 0 Å². The molecule has 1 aromatic carbocycles. The smallest absolute Gasteiger partial charge is 0.232 e. The Morgan fingerprint density at radius 3 is 2.66 bits per heavy atom. The van der Waals surface area contributed by atoms with Crippen LogP contribution in [-0.2, 0) is 10.0 Å². The largest absolute Gasteiger partial charge is 0.435 e. The van der Waals surface area contributed by atoms with Gasteiger partial charge >= 0.3 is 0 Å². The summed E-state index contributed by atoms with van der Waals surface area (Å²) in [4.78, 5) is 13.0. The van der Waals surface area contributed by atoms with Gasteiger partial charge in [0.15, 0.2) is 11.6 Å². The number of anilines is 2. The average Bonchev–Trinajstić information content (AvgIpc) is 2.88. The minimum atomic E-state index is -3.87. The first-order valence-electron chi connectivity index (χ1n) is 12.4. The summed E-state index contributed by atoms with van der Waals surface area (Å²) in [5, 5.41) is 6.63. The molecule has 38 heavy (non-hydrogen) atoms. The molecule has 4 rings (SSSR count). The Morgan fingerprint density at radius 2 is 1.92 bits per heavy atom. The van der Waals surface area contributed by atoms with Gasteiger partial charge in [0.05, 0.1) is 22.7 Å². The lowest BCUT2D eigenvalue weighted by molar-refractivity contribution is 0.397. The molecule has 1 unspecified atom stereocenters. The predicted octanol–water partition coefficient (Wildman–Crippen LogP) is 4.95. The van der Waals surface area contributed by atoms with Crippen molar-refractivity contribution in [3.63, 3.8) is 0 Å². The number of benzene rings is 1. The maximum absolute atomic E-state index is 15.0. The number of ether oxygens (including phenoxy) is 1. The lowest BCUT2D eigenvalue weighted by atomic mass is 9.94. The Bertz CT molecular complexity index is 1380. The molecule has 1 aliphatic rings. The molecule has 1 aliphatic heterocycles. The molecule has 3 aromatic rings. The SMILES string of the molecule is CC(C)(C)CCS(=O)(=O)Nc1ccc(Oc2ncccc2-c2ccnc(NC3CCCNC3)n2)c(F)c1F. The van der Waals surface area contributed by atoms with Crippen molar-refractivity contribution >= 4 is 21.7 Å². The summed E-state index contributed by atoms with van der Waals surface area (Å²) in [5.74, 6) is -2.93. The fourth-order valence-electron chi connectivity index (χ4n) is 3.86. The number of aromatic nitrogens is 3. The van der Waals surface area contributed by atoms with Crippen LogP contribution < -0.4 is 20.1 Å². The van der Waals surface area contributed by atoms with Gasteiger partial charge in [-0.1, -0.05) is 20.8 Å². The lowest BCUT2D eigenvalue weighted by Crippen LogP contribution is -2.38. The molecule has 3 heterocycles. The summed E-state index contributed by atoms with van der Waals surface area (Å²) in [7, 11) is -3.87. The van der Waals surface area contributed by atoms with Gasteiger partial charge in [-0.25, -0.2) is 27.8 Å². The van der Waals surface area contributed by atoms with Crippen LogP contribution in [0.25, 0.3) is 11.3 Å². The molecule has 3 N–H and O–H groups in total. The molecule has 0 saturated carbocycles. The number of hydrogen-bond donors (Lipinski definition) is 3. The zero-order valence-electron chi connectivity index (χ0n) is 21.6. The van der Waals surface area contributed by atoms with E-state index in [9.17, 15) is 17.2 Å². The number of rotatable bonds is 9. The number of hydrogen-bond acceptors (Lipinski definition) is 8. The second-order valence-corrected chi connectivity index (χ2v) is 12.2. The van der Waals surface area contributed by atoms with Crippen molar-refractivity contribution in [1.82, 2.24) is 20.3 Å². The Morgan fingerprint density at radius 1 is 1.11 bits per heavy atom. The van der Waals surface area contributed by atoms with Gasteiger partial charge in [0, 0.05) is 25.0 Å². The third-order valence-electron chi connectivity index (χ3n) is 5.97. The first-order valence-corrected chi connectivity index (χ1v) is 14.1. The molecule has 1 atom stereocenters. The van der Waals surface area contributed by atoms with Crippen molar-refractivity contribution in [3.05, 3.63) is 54.4 Å². The highest BCUT2D eigenvalue weighted by Crippen LogP contribution is 2.34. The van der Waals surface area contributed by atoms with E-state index in [1.54, 1.807) is 24.4 Å². The topological polar surface area (TPSA) is 118 Å². The Labute approximate surface area is 221 Å². The van der Waals surface area contributed by atoms with Crippen molar-refractivity contribution in [2.24, 2.45) is 5.41 Å². The zero-order valence-corrected chi connectivity index (χ0v) is 22.4. The van der Waals surface area contributed by atoms with Crippen LogP contribution in [0.15, 0.2) is 42.7 Å². The summed E-state index contributed by atoms with van der Waals surface area (Å²) < 4.78 is 62.3. The van der Waals surface area contributed by atoms with E-state index in [1.165, 1.54) is 6.20 Å². The van der Waals surface area contributed by atoms with Crippen LogP contribution in [0.3, 0.4) is 0 Å². The highest BCUT2D eigenvalue weighted by Gasteiger charge is 2.23. The van der Waals surface area contributed by atoms with E-state index in [0.717, 1.165) is 38.1 Å². The first kappa shape index (κ1) is 27.6. The number of nitrogens with one attached hydrogen (secondary N) is 3. The molecule has 1 saturated heterocycles. The number of piperidine rings is 1. The summed E-state index contributed by atoms with van der Waals surface area (Å²) >= 11 is 0. The fourth-order valence-corrected chi connectivity index (χ4v) is 5.33. The van der Waals surface area contributed by atoms with Gasteiger partial charge in [-0.3, -0.25) is 4.72 Å². The monoisotopic (exact) mass is 546 g/mol. The van der Waals surface area contributed by atoms with Crippen LogP contribution in [0.4, 0.5) is 20.4 Å².